The van der Waals surface area contributed by atoms with Gasteiger partial charge in [-0.05, 0) is 38.5 Å². The molecule has 1 aliphatic heterocycles. The highest BCUT2D eigenvalue weighted by molar-refractivity contribution is 7.13. The Hall–Kier alpha value is -2.28. The summed E-state index contributed by atoms with van der Waals surface area (Å²) in [6, 6.07) is -0.0305. The predicted molar refractivity (Wildman–Crippen MR) is 121 cm³/mol. The Labute approximate surface area is 205 Å². The zero-order chi connectivity index (χ0) is 25.1. The Morgan fingerprint density at radius 2 is 2.03 bits per heavy atom. The molecule has 0 spiro atoms. The number of rotatable bonds is 8. The molecule has 0 saturated heterocycles. The molecule has 194 valence electrons. The highest BCUT2D eigenvalue weighted by Crippen LogP contribution is 2.36. The van der Waals surface area contributed by atoms with Crippen molar-refractivity contribution in [3.05, 3.63) is 22.5 Å². The Morgan fingerprint density at radius 1 is 1.29 bits per heavy atom. The second-order valence-electron chi connectivity index (χ2n) is 9.34. The number of ether oxygens (including phenoxy) is 1. The first-order valence-electron chi connectivity index (χ1n) is 11.8. The second-order valence-corrected chi connectivity index (χ2v) is 10.4. The van der Waals surface area contributed by atoms with Crippen molar-refractivity contribution in [2.24, 2.45) is 7.05 Å². The van der Waals surface area contributed by atoms with Crippen molar-refractivity contribution in [3.8, 4) is 5.19 Å². The summed E-state index contributed by atoms with van der Waals surface area (Å²) in [5.74, 6) is -0.125. The summed E-state index contributed by atoms with van der Waals surface area (Å²) in [6.07, 6.45) is 1.06. The van der Waals surface area contributed by atoms with Gasteiger partial charge in [0.1, 0.15) is 5.67 Å². The molecule has 8 nitrogen and oxygen atoms in total. The summed E-state index contributed by atoms with van der Waals surface area (Å²) in [5, 5.41) is 11.1. The van der Waals surface area contributed by atoms with E-state index in [0.29, 0.717) is 70.3 Å². The standard InChI is InChI=1S/C22H30F4N6O2S/c1-31-27-13-16(30-31)12-19(33)28-15-2-6-21(23,7-3-15)8-11-32-9-4-17-18(5-10-32)35-20(29-17)34-14-22(24,25)26/h13,15H,2-12,14H2,1H3,(H,28,33)/t15-,21+. The molecule has 35 heavy (non-hydrogen) atoms. The molecule has 0 aromatic carbocycles. The van der Waals surface area contributed by atoms with Gasteiger partial charge in [-0.1, -0.05) is 11.3 Å². The van der Waals surface area contributed by atoms with Gasteiger partial charge in [-0.3, -0.25) is 4.79 Å². The lowest BCUT2D eigenvalue weighted by Gasteiger charge is -2.35. The molecule has 3 heterocycles. The van der Waals surface area contributed by atoms with E-state index in [1.54, 1.807) is 13.2 Å². The second kappa shape index (κ2) is 10.8. The highest BCUT2D eigenvalue weighted by atomic mass is 32.1. The summed E-state index contributed by atoms with van der Waals surface area (Å²) in [6.45, 7) is 0.681. The number of alkyl halides is 4. The quantitative estimate of drug-likeness (QED) is 0.541. The molecule has 1 amide bonds. The number of thiazole rings is 1. The van der Waals surface area contributed by atoms with Crippen LogP contribution in [0.4, 0.5) is 17.6 Å². The van der Waals surface area contributed by atoms with Crippen LogP contribution in [0.15, 0.2) is 6.20 Å². The summed E-state index contributed by atoms with van der Waals surface area (Å²) in [5.41, 5.74) is 0.134. The minimum Gasteiger partial charge on any atom is -0.460 e. The molecule has 2 aromatic rings. The van der Waals surface area contributed by atoms with Crippen LogP contribution in [0.1, 0.15) is 48.4 Å². The largest absolute Gasteiger partial charge is 0.460 e. The number of hydrogen-bond donors (Lipinski definition) is 1. The number of aromatic nitrogens is 4. The Balaban J connectivity index is 1.17. The molecule has 0 radical (unpaired) electrons. The van der Waals surface area contributed by atoms with Crippen molar-refractivity contribution < 1.29 is 27.1 Å². The fourth-order valence-corrected chi connectivity index (χ4v) is 5.56. The average molecular weight is 519 g/mol. The van der Waals surface area contributed by atoms with E-state index in [2.05, 4.69) is 25.4 Å². The van der Waals surface area contributed by atoms with Crippen LogP contribution in [0.2, 0.25) is 0 Å². The number of fused-ring (bicyclic) bond motifs is 1. The molecule has 2 aliphatic rings. The molecule has 1 N–H and O–H groups in total. The summed E-state index contributed by atoms with van der Waals surface area (Å²) in [4.78, 5) is 21.0. The van der Waals surface area contributed by atoms with Gasteiger partial charge in [0.15, 0.2) is 6.61 Å². The minimum atomic E-state index is -4.38. The van der Waals surface area contributed by atoms with Gasteiger partial charge in [0.05, 0.1) is 24.0 Å². The number of nitrogens with one attached hydrogen (secondary N) is 1. The Morgan fingerprint density at radius 3 is 2.71 bits per heavy atom. The minimum absolute atomic E-state index is 0.0305. The van der Waals surface area contributed by atoms with Gasteiger partial charge in [0, 0.05) is 44.0 Å². The van der Waals surface area contributed by atoms with Gasteiger partial charge >= 0.3 is 6.18 Å². The fourth-order valence-electron chi connectivity index (χ4n) is 4.61. The summed E-state index contributed by atoms with van der Waals surface area (Å²) >= 11 is 1.17. The summed E-state index contributed by atoms with van der Waals surface area (Å²) in [7, 11) is 1.69. The lowest BCUT2D eigenvalue weighted by molar-refractivity contribution is -0.153. The zero-order valence-electron chi connectivity index (χ0n) is 19.6. The van der Waals surface area contributed by atoms with Crippen LogP contribution >= 0.6 is 11.3 Å². The molecule has 0 unspecified atom stereocenters. The van der Waals surface area contributed by atoms with Crippen molar-refractivity contribution in [1.82, 2.24) is 30.2 Å². The first-order chi connectivity index (χ1) is 16.6. The predicted octanol–water partition coefficient (Wildman–Crippen LogP) is 3.01. The Kier molecular flexibility index (Phi) is 7.94. The Bertz CT molecular complexity index is 977. The number of hydrogen-bond acceptors (Lipinski definition) is 7. The lowest BCUT2D eigenvalue weighted by Crippen LogP contribution is -2.43. The molecule has 2 aromatic heterocycles. The van der Waals surface area contributed by atoms with Gasteiger partial charge in [0.2, 0.25) is 5.91 Å². The van der Waals surface area contributed by atoms with E-state index >= 15 is 4.39 Å². The maximum absolute atomic E-state index is 15.4. The number of nitrogens with zero attached hydrogens (tertiary/aromatic N) is 5. The molecular formula is C22H30F4N6O2S. The van der Waals surface area contributed by atoms with E-state index < -0.39 is 18.5 Å². The lowest BCUT2D eigenvalue weighted by atomic mass is 9.81. The molecular weight excluding hydrogens is 488 g/mol. The third kappa shape index (κ3) is 7.60. The first kappa shape index (κ1) is 25.8. The van der Waals surface area contributed by atoms with Crippen LogP contribution in [0.25, 0.3) is 0 Å². The van der Waals surface area contributed by atoms with Crippen molar-refractivity contribution in [1.29, 1.82) is 0 Å². The van der Waals surface area contributed by atoms with Gasteiger partial charge in [-0.2, -0.15) is 28.2 Å². The maximum Gasteiger partial charge on any atom is 0.422 e. The molecule has 1 saturated carbocycles. The van der Waals surface area contributed by atoms with E-state index in [9.17, 15) is 18.0 Å². The number of halogens is 4. The van der Waals surface area contributed by atoms with Gasteiger partial charge in [0.25, 0.3) is 5.19 Å². The smallest absolute Gasteiger partial charge is 0.422 e. The zero-order valence-corrected chi connectivity index (χ0v) is 20.4. The van der Waals surface area contributed by atoms with E-state index in [-0.39, 0.29) is 23.6 Å². The van der Waals surface area contributed by atoms with Crippen molar-refractivity contribution in [3.63, 3.8) is 0 Å². The van der Waals surface area contributed by atoms with E-state index in [1.807, 2.05) is 0 Å². The monoisotopic (exact) mass is 518 g/mol. The van der Waals surface area contributed by atoms with Crippen LogP contribution in [0.5, 0.6) is 5.19 Å². The van der Waals surface area contributed by atoms with Gasteiger partial charge < -0.3 is 15.0 Å². The molecule has 4 rings (SSSR count). The normalized spacial score (nSPS) is 23.5. The van der Waals surface area contributed by atoms with Crippen molar-refractivity contribution >= 4 is 17.2 Å². The molecule has 0 bridgehead atoms. The summed E-state index contributed by atoms with van der Waals surface area (Å²) < 4.78 is 57.3. The third-order valence-electron chi connectivity index (χ3n) is 6.55. The van der Waals surface area contributed by atoms with E-state index in [4.69, 9.17) is 4.74 Å². The SMILES string of the molecule is Cn1ncc(CC(=O)N[C@H]2CC[C@](F)(CCN3CCc4nc(OCC(F)(F)F)sc4CC3)CC2)n1. The van der Waals surface area contributed by atoms with Crippen LogP contribution in [-0.2, 0) is 31.1 Å². The van der Waals surface area contributed by atoms with Crippen LogP contribution in [0.3, 0.4) is 0 Å². The third-order valence-corrected chi connectivity index (χ3v) is 7.62. The van der Waals surface area contributed by atoms with Crippen LogP contribution < -0.4 is 10.1 Å². The van der Waals surface area contributed by atoms with E-state index in [1.165, 1.54) is 16.1 Å². The topological polar surface area (TPSA) is 85.2 Å². The number of aryl methyl sites for hydroxylation is 1. The number of amides is 1. The molecule has 13 heteroatoms. The van der Waals surface area contributed by atoms with Gasteiger partial charge in [-0.25, -0.2) is 9.37 Å². The maximum atomic E-state index is 15.4. The van der Waals surface area contributed by atoms with E-state index in [0.717, 1.165) is 10.6 Å². The molecule has 0 atom stereocenters. The number of carbonyl (C=O) groups excluding carboxylic acids is 1. The molecule has 1 fully saturated rings. The first-order valence-corrected chi connectivity index (χ1v) is 12.6. The highest BCUT2D eigenvalue weighted by Gasteiger charge is 2.36. The van der Waals surface area contributed by atoms with Crippen molar-refractivity contribution in [2.75, 3.05) is 26.2 Å². The fraction of sp³-hybridized carbons (Fsp3) is 0.727. The molecule has 1 aliphatic carbocycles. The average Bonchev–Trinajstić information content (AvgIpc) is 3.33. The number of carbonyl (C=O) groups is 1. The van der Waals surface area contributed by atoms with Gasteiger partial charge in [-0.15, -0.1) is 0 Å². The van der Waals surface area contributed by atoms with Crippen LogP contribution in [0, 0.1) is 0 Å². The van der Waals surface area contributed by atoms with Crippen LogP contribution in [-0.4, -0.2) is 74.9 Å². The van der Waals surface area contributed by atoms with Crippen molar-refractivity contribution in [2.45, 2.75) is 69.3 Å².